The summed E-state index contributed by atoms with van der Waals surface area (Å²) in [4.78, 5) is 11.9. The number of phenols is 1. The maximum absolute atomic E-state index is 13.8. The number of halogens is 2. The number of aromatic nitrogens is 2. The molecule has 1 fully saturated rings. The molecule has 1 atom stereocenters. The highest BCUT2D eigenvalue weighted by atomic mass is 32.2. The normalized spacial score (nSPS) is 13.7. The second-order valence-electron chi connectivity index (χ2n) is 8.39. The predicted octanol–water partition coefficient (Wildman–Crippen LogP) is 5.64. The van der Waals surface area contributed by atoms with Crippen molar-refractivity contribution < 1.29 is 27.4 Å². The van der Waals surface area contributed by atoms with Gasteiger partial charge in [-0.15, -0.1) is 0 Å². The molecule has 8 nitrogen and oxygen atoms in total. The van der Waals surface area contributed by atoms with Gasteiger partial charge in [-0.2, -0.15) is 4.39 Å². The summed E-state index contributed by atoms with van der Waals surface area (Å²) in [5, 5.41) is 9.61. The zero-order valence-electron chi connectivity index (χ0n) is 20.4. The van der Waals surface area contributed by atoms with Crippen molar-refractivity contribution in [1.29, 1.82) is 0 Å². The Hall–Kier alpha value is -3.74. The van der Waals surface area contributed by atoms with E-state index in [1.807, 2.05) is 0 Å². The lowest BCUT2D eigenvalue weighted by Gasteiger charge is -2.07. The molecule has 3 N–H and O–H groups in total. The molecule has 0 bridgehead atoms. The molecule has 0 spiro atoms. The molecule has 2 aromatic heterocycles. The Morgan fingerprint density at radius 3 is 2.61 bits per heavy atom. The molecule has 0 saturated heterocycles. The summed E-state index contributed by atoms with van der Waals surface area (Å²) in [7, 11) is 1.46. The number of thiazole rings is 1. The number of aliphatic imine (C=N–C) groups is 1. The summed E-state index contributed by atoms with van der Waals surface area (Å²) in [5.74, 6) is 0.404. The largest absolute Gasteiger partial charge is 0.767 e. The molecule has 2 aromatic carbocycles. The van der Waals surface area contributed by atoms with Gasteiger partial charge in [0.15, 0.2) is 16.6 Å². The van der Waals surface area contributed by atoms with Crippen LogP contribution in [0.3, 0.4) is 0 Å². The lowest BCUT2D eigenvalue weighted by atomic mass is 10.1. The van der Waals surface area contributed by atoms with Gasteiger partial charge in [-0.25, -0.2) is 14.4 Å². The van der Waals surface area contributed by atoms with Crippen LogP contribution >= 0.6 is 11.3 Å². The van der Waals surface area contributed by atoms with E-state index in [1.165, 1.54) is 25.6 Å². The number of aromatic hydroxyl groups is 1. The van der Waals surface area contributed by atoms with Crippen molar-refractivity contribution in [3.63, 3.8) is 0 Å². The minimum atomic E-state index is -2.37. The number of hydrogen-bond donors (Lipinski definition) is 2. The number of rotatable bonds is 6. The summed E-state index contributed by atoms with van der Waals surface area (Å²) in [6.45, 7) is 1.64. The molecular weight excluding hydrogens is 534 g/mol. The molecule has 0 amide bonds. The third-order valence-corrected chi connectivity index (χ3v) is 7.09. The van der Waals surface area contributed by atoms with E-state index < -0.39 is 16.2 Å². The molecule has 12 heteroatoms. The van der Waals surface area contributed by atoms with Gasteiger partial charge in [-0.05, 0) is 72.2 Å². The Kier molecular flexibility index (Phi) is 8.45. The highest BCUT2D eigenvalue weighted by Crippen LogP contribution is 2.42. The summed E-state index contributed by atoms with van der Waals surface area (Å²) >= 11 is -1.60. The molecule has 2 heterocycles. The van der Waals surface area contributed by atoms with E-state index in [0.717, 1.165) is 29.7 Å². The van der Waals surface area contributed by atoms with Crippen LogP contribution in [0.2, 0.25) is 0 Å². The Balaban J connectivity index is 0.000000180. The third-order valence-electron chi connectivity index (χ3n) is 5.67. The Morgan fingerprint density at radius 2 is 2.03 bits per heavy atom. The van der Waals surface area contributed by atoms with Gasteiger partial charge in [-0.3, -0.25) is 9.20 Å². The quantitative estimate of drug-likeness (QED) is 0.231. The van der Waals surface area contributed by atoms with Crippen LogP contribution in [-0.2, 0) is 11.1 Å². The highest BCUT2D eigenvalue weighted by molar-refractivity contribution is 7.79. The van der Waals surface area contributed by atoms with Gasteiger partial charge in [0.1, 0.15) is 16.5 Å². The van der Waals surface area contributed by atoms with Crippen molar-refractivity contribution >= 4 is 39.5 Å². The van der Waals surface area contributed by atoms with E-state index in [4.69, 9.17) is 10.5 Å². The molecule has 38 heavy (non-hydrogen) atoms. The molecule has 1 unspecified atom stereocenters. The van der Waals surface area contributed by atoms with Crippen LogP contribution in [0.1, 0.15) is 35.4 Å². The first-order valence-electron chi connectivity index (χ1n) is 11.4. The number of para-hydroxylation sites is 1. The number of phenolic OH excluding ortho intramolecular Hbond substituents is 1. The first-order valence-corrected chi connectivity index (χ1v) is 13.2. The van der Waals surface area contributed by atoms with Gasteiger partial charge in [0.2, 0.25) is 5.13 Å². The summed E-state index contributed by atoms with van der Waals surface area (Å²) in [5.41, 5.74) is 8.20. The molecule has 1 aliphatic rings. The number of ether oxygens (including phenoxy) is 1. The molecule has 4 aromatic rings. The first kappa shape index (κ1) is 27.3. The minimum absolute atomic E-state index is 0.00169. The lowest BCUT2D eigenvalue weighted by molar-refractivity contribution is 0.373. The van der Waals surface area contributed by atoms with E-state index in [-0.39, 0.29) is 27.4 Å². The summed E-state index contributed by atoms with van der Waals surface area (Å²) in [6, 6.07) is 11.4. The lowest BCUT2D eigenvalue weighted by Crippen LogP contribution is -1.96. The van der Waals surface area contributed by atoms with Crippen LogP contribution in [-0.4, -0.2) is 37.2 Å². The van der Waals surface area contributed by atoms with Gasteiger partial charge in [0, 0.05) is 17.3 Å². The maximum Gasteiger partial charge on any atom is 0.206 e. The second-order valence-corrected chi connectivity index (χ2v) is 10.2. The molecule has 1 saturated carbocycles. The van der Waals surface area contributed by atoms with Crippen molar-refractivity contribution in [1.82, 2.24) is 9.97 Å². The monoisotopic (exact) mass is 557 g/mol. The standard InChI is InChI=1S/C14H14N2O4S.C12H10F2N2S/c1-9-6-11(8-16-14(9)21(18)19)15-7-10-4-3-5-12(20-2)13(10)17;13-9-5-7(3-4-8(9)6-1-2-6)10-11(14)17-12(15)16-10/h3-8,17H,1-2H3,(H,18,19);3-6H,1-2H2,(H2,15,16)/p-1. The van der Waals surface area contributed by atoms with Crippen molar-refractivity contribution in [2.75, 3.05) is 12.8 Å². The van der Waals surface area contributed by atoms with Crippen LogP contribution in [0.25, 0.3) is 11.3 Å². The van der Waals surface area contributed by atoms with Crippen LogP contribution in [0.4, 0.5) is 19.6 Å². The first-order chi connectivity index (χ1) is 18.2. The molecular formula is C26H23F2N4O4S2-. The SMILES string of the molecule is COc1cccc(C=Nc2cnc(S(=O)[O-])c(C)c2)c1O.Nc1nc(-c2ccc(C3CC3)c(F)c2)c(F)s1. The number of methoxy groups -OCH3 is 1. The van der Waals surface area contributed by atoms with E-state index in [1.54, 1.807) is 43.3 Å². The van der Waals surface area contributed by atoms with Gasteiger partial charge in [-0.1, -0.05) is 29.5 Å². The minimum Gasteiger partial charge on any atom is -0.767 e. The van der Waals surface area contributed by atoms with E-state index in [2.05, 4.69) is 15.0 Å². The fourth-order valence-corrected chi connectivity index (χ4v) is 4.68. The number of anilines is 1. The van der Waals surface area contributed by atoms with Crippen molar-refractivity contribution in [3.05, 3.63) is 76.3 Å². The predicted molar refractivity (Wildman–Crippen MR) is 142 cm³/mol. The molecule has 1 aliphatic carbocycles. The van der Waals surface area contributed by atoms with Crippen LogP contribution < -0.4 is 10.5 Å². The smallest absolute Gasteiger partial charge is 0.206 e. The van der Waals surface area contributed by atoms with Gasteiger partial charge in [0.05, 0.1) is 19.0 Å². The number of hydrogen-bond acceptors (Lipinski definition) is 9. The number of benzene rings is 2. The fraction of sp³-hybridized carbons (Fsp3) is 0.192. The maximum atomic E-state index is 13.8. The van der Waals surface area contributed by atoms with E-state index in [9.17, 15) is 22.6 Å². The van der Waals surface area contributed by atoms with Gasteiger partial charge in [0.25, 0.3) is 0 Å². The summed E-state index contributed by atoms with van der Waals surface area (Å²) < 4.78 is 54.0. The topological polar surface area (TPSA) is 134 Å². The fourth-order valence-electron chi connectivity index (χ4n) is 3.64. The Bertz CT molecular complexity index is 1520. The van der Waals surface area contributed by atoms with Crippen molar-refractivity contribution in [3.8, 4) is 22.8 Å². The molecule has 198 valence electrons. The van der Waals surface area contributed by atoms with E-state index >= 15 is 0 Å². The van der Waals surface area contributed by atoms with E-state index in [0.29, 0.717) is 34.0 Å². The highest BCUT2D eigenvalue weighted by Gasteiger charge is 2.26. The van der Waals surface area contributed by atoms with Gasteiger partial charge < -0.3 is 20.1 Å². The number of pyridine rings is 1. The van der Waals surface area contributed by atoms with Crippen LogP contribution in [0, 0.1) is 17.9 Å². The molecule has 0 radical (unpaired) electrons. The summed E-state index contributed by atoms with van der Waals surface area (Å²) in [6.07, 6.45) is 4.89. The van der Waals surface area contributed by atoms with Crippen LogP contribution in [0.5, 0.6) is 11.5 Å². The van der Waals surface area contributed by atoms with Gasteiger partial charge >= 0.3 is 0 Å². The zero-order valence-corrected chi connectivity index (χ0v) is 22.0. The Labute approximate surface area is 224 Å². The average molecular weight is 558 g/mol. The molecule has 5 rings (SSSR count). The van der Waals surface area contributed by atoms with Crippen LogP contribution in [0.15, 0.2) is 58.7 Å². The third kappa shape index (κ3) is 6.39. The second kappa shape index (κ2) is 11.8. The van der Waals surface area contributed by atoms with Crippen molar-refractivity contribution in [2.24, 2.45) is 4.99 Å². The molecule has 0 aliphatic heterocycles. The van der Waals surface area contributed by atoms with Crippen molar-refractivity contribution in [2.45, 2.75) is 30.7 Å². The Morgan fingerprint density at radius 1 is 1.26 bits per heavy atom. The number of nitrogens with zero attached hydrogens (tertiary/aromatic N) is 3. The number of nitrogens with two attached hydrogens (primary N) is 1. The zero-order chi connectivity index (χ0) is 27.4. The number of aryl methyl sites for hydroxylation is 1. The average Bonchev–Trinajstić information content (AvgIpc) is 3.66. The number of nitrogen functional groups attached to an aromatic ring is 1.